The number of amides is 2. The Kier molecular flexibility index (Phi) is 6.45. The third kappa shape index (κ3) is 4.30. The van der Waals surface area contributed by atoms with Crippen LogP contribution in [0.15, 0.2) is 24.3 Å². The second-order valence-electron chi connectivity index (χ2n) is 6.81. The Bertz CT molecular complexity index is 705. The van der Waals surface area contributed by atoms with Crippen LogP contribution >= 0.6 is 0 Å². The molecule has 146 valence electrons. The van der Waals surface area contributed by atoms with Crippen LogP contribution < -0.4 is 5.32 Å². The summed E-state index contributed by atoms with van der Waals surface area (Å²) in [4.78, 5) is 38.5. The number of unbranched alkanes of at least 4 members (excludes halogenated alkanes) is 1. The topological polar surface area (TPSA) is 84.9 Å². The number of carbonyl (C=O) groups excluding carboxylic acids is 3. The molecule has 1 fully saturated rings. The number of nitrogens with one attached hydrogen (secondary N) is 1. The van der Waals surface area contributed by atoms with Gasteiger partial charge >= 0.3 is 5.97 Å². The highest BCUT2D eigenvalue weighted by atomic mass is 16.6. The lowest BCUT2D eigenvalue weighted by molar-refractivity contribution is -0.145. The molecular formula is C20H26N2O5. The highest BCUT2D eigenvalue weighted by molar-refractivity contribution is 5.96. The van der Waals surface area contributed by atoms with E-state index in [1.54, 1.807) is 24.3 Å². The number of carbonyl (C=O) groups is 3. The summed E-state index contributed by atoms with van der Waals surface area (Å²) >= 11 is 0. The molecule has 7 heteroatoms. The van der Waals surface area contributed by atoms with E-state index in [-0.39, 0.29) is 18.2 Å². The van der Waals surface area contributed by atoms with Gasteiger partial charge in [0, 0.05) is 31.7 Å². The highest BCUT2D eigenvalue weighted by Crippen LogP contribution is 2.38. The van der Waals surface area contributed by atoms with E-state index < -0.39 is 18.2 Å². The van der Waals surface area contributed by atoms with Gasteiger partial charge in [-0.05, 0) is 25.3 Å². The van der Waals surface area contributed by atoms with E-state index in [1.807, 2.05) is 0 Å². The molecule has 7 nitrogen and oxygen atoms in total. The van der Waals surface area contributed by atoms with Crippen molar-refractivity contribution in [3.63, 3.8) is 0 Å². The molecule has 0 aliphatic carbocycles. The minimum atomic E-state index is -0.822. The Balaban J connectivity index is 1.57. The molecule has 0 saturated carbocycles. The van der Waals surface area contributed by atoms with Crippen LogP contribution in [0.1, 0.15) is 61.2 Å². The van der Waals surface area contributed by atoms with Crippen molar-refractivity contribution in [1.82, 2.24) is 10.2 Å². The first-order chi connectivity index (χ1) is 13.1. The van der Waals surface area contributed by atoms with Crippen molar-refractivity contribution in [2.24, 2.45) is 0 Å². The third-order valence-electron chi connectivity index (χ3n) is 4.88. The lowest BCUT2D eigenvalue weighted by Gasteiger charge is -2.29. The van der Waals surface area contributed by atoms with Crippen LogP contribution in [0.5, 0.6) is 0 Å². The molecule has 2 amide bonds. The summed E-state index contributed by atoms with van der Waals surface area (Å²) in [7, 11) is 0. The monoisotopic (exact) mass is 374 g/mol. The first-order valence-electron chi connectivity index (χ1n) is 9.60. The standard InChI is InChI=1S/C20H26N2O5/c1-2-3-12-26-13-6-11-21-18(24)16-9-10-17(23)22(16)19-14-7-4-5-8-15(14)20(25)27-19/h4-5,7-8,16,19H,2-3,6,9-13H2,1H3,(H,21,24)/t16-,19?/m0/s1. The second kappa shape index (κ2) is 8.99. The van der Waals surface area contributed by atoms with Gasteiger partial charge in [-0.15, -0.1) is 0 Å². The molecule has 0 spiro atoms. The van der Waals surface area contributed by atoms with Gasteiger partial charge in [0.2, 0.25) is 18.0 Å². The predicted octanol–water partition coefficient (Wildman–Crippen LogP) is 2.17. The van der Waals surface area contributed by atoms with Gasteiger partial charge in [0.1, 0.15) is 6.04 Å². The number of fused-ring (bicyclic) bond motifs is 1. The Morgan fingerprint density at radius 2 is 2.04 bits per heavy atom. The number of ether oxygens (including phenoxy) is 2. The van der Waals surface area contributed by atoms with Crippen molar-refractivity contribution in [2.75, 3.05) is 19.8 Å². The molecule has 1 aromatic rings. The molecule has 27 heavy (non-hydrogen) atoms. The van der Waals surface area contributed by atoms with Gasteiger partial charge in [-0.2, -0.15) is 0 Å². The predicted molar refractivity (Wildman–Crippen MR) is 97.8 cm³/mol. The largest absolute Gasteiger partial charge is 0.433 e. The quantitative estimate of drug-likeness (QED) is 0.529. The number of esters is 1. The van der Waals surface area contributed by atoms with E-state index >= 15 is 0 Å². The van der Waals surface area contributed by atoms with Crippen LogP contribution in [-0.2, 0) is 19.1 Å². The first kappa shape index (κ1) is 19.4. The molecular weight excluding hydrogens is 348 g/mol. The molecule has 1 saturated heterocycles. The van der Waals surface area contributed by atoms with Crippen molar-refractivity contribution in [3.8, 4) is 0 Å². The van der Waals surface area contributed by atoms with Crippen LogP contribution in [0.3, 0.4) is 0 Å². The summed E-state index contributed by atoms with van der Waals surface area (Å²) in [6, 6.07) is 6.36. The minimum Gasteiger partial charge on any atom is -0.433 e. The molecule has 2 aliphatic rings. The van der Waals surface area contributed by atoms with Crippen molar-refractivity contribution in [1.29, 1.82) is 0 Å². The maximum atomic E-state index is 12.6. The molecule has 1 N–H and O–H groups in total. The number of likely N-dealkylation sites (tertiary alicyclic amines) is 1. The molecule has 2 atom stereocenters. The van der Waals surface area contributed by atoms with Crippen molar-refractivity contribution in [3.05, 3.63) is 35.4 Å². The Morgan fingerprint density at radius 3 is 2.85 bits per heavy atom. The molecule has 0 bridgehead atoms. The van der Waals surface area contributed by atoms with Crippen molar-refractivity contribution < 1.29 is 23.9 Å². The Morgan fingerprint density at radius 1 is 1.26 bits per heavy atom. The fraction of sp³-hybridized carbons (Fsp3) is 0.550. The zero-order chi connectivity index (χ0) is 19.2. The summed E-state index contributed by atoms with van der Waals surface area (Å²) < 4.78 is 10.9. The highest BCUT2D eigenvalue weighted by Gasteiger charge is 2.46. The molecule has 2 heterocycles. The zero-order valence-electron chi connectivity index (χ0n) is 15.6. The number of hydrogen-bond donors (Lipinski definition) is 1. The normalized spacial score (nSPS) is 21.3. The average molecular weight is 374 g/mol. The van der Waals surface area contributed by atoms with Gasteiger partial charge in [-0.1, -0.05) is 31.5 Å². The van der Waals surface area contributed by atoms with E-state index in [1.165, 1.54) is 4.90 Å². The molecule has 3 rings (SSSR count). The van der Waals surface area contributed by atoms with E-state index in [4.69, 9.17) is 9.47 Å². The molecule has 0 aromatic heterocycles. The van der Waals surface area contributed by atoms with Gasteiger partial charge in [0.25, 0.3) is 0 Å². The maximum Gasteiger partial charge on any atom is 0.340 e. The SMILES string of the molecule is CCCCOCCCNC(=O)[C@@H]1CCC(=O)N1C1OC(=O)c2ccccc21. The lowest BCUT2D eigenvalue weighted by Crippen LogP contribution is -2.46. The fourth-order valence-electron chi connectivity index (χ4n) is 3.44. The van der Waals surface area contributed by atoms with E-state index in [2.05, 4.69) is 12.2 Å². The fourth-order valence-corrected chi connectivity index (χ4v) is 3.44. The van der Waals surface area contributed by atoms with Crippen LogP contribution in [0.2, 0.25) is 0 Å². The van der Waals surface area contributed by atoms with Crippen LogP contribution in [0.25, 0.3) is 0 Å². The molecule has 2 aliphatic heterocycles. The van der Waals surface area contributed by atoms with Gasteiger partial charge < -0.3 is 14.8 Å². The summed E-state index contributed by atoms with van der Waals surface area (Å²) in [5.41, 5.74) is 1.09. The van der Waals surface area contributed by atoms with Crippen LogP contribution in [0.4, 0.5) is 0 Å². The lowest BCUT2D eigenvalue weighted by atomic mass is 10.1. The summed E-state index contributed by atoms with van der Waals surface area (Å²) in [6.07, 6.45) is 2.72. The number of nitrogens with zero attached hydrogens (tertiary/aromatic N) is 1. The van der Waals surface area contributed by atoms with Gasteiger partial charge in [-0.3, -0.25) is 14.5 Å². The number of hydrogen-bond acceptors (Lipinski definition) is 5. The van der Waals surface area contributed by atoms with E-state index in [0.29, 0.717) is 30.7 Å². The summed E-state index contributed by atoms with van der Waals surface area (Å²) in [5.74, 6) is -0.846. The van der Waals surface area contributed by atoms with E-state index in [0.717, 1.165) is 25.9 Å². The maximum absolute atomic E-state index is 12.6. The van der Waals surface area contributed by atoms with Crippen LogP contribution in [-0.4, -0.2) is 48.5 Å². The summed E-state index contributed by atoms with van der Waals surface area (Å²) in [6.45, 7) is 3.94. The van der Waals surface area contributed by atoms with E-state index in [9.17, 15) is 14.4 Å². The van der Waals surface area contributed by atoms with Gasteiger partial charge in [0.15, 0.2) is 0 Å². The molecule has 1 unspecified atom stereocenters. The Hall–Kier alpha value is -2.41. The number of rotatable bonds is 9. The van der Waals surface area contributed by atoms with Gasteiger partial charge in [-0.25, -0.2) is 4.79 Å². The minimum absolute atomic E-state index is 0.174. The Labute approximate surface area is 159 Å². The van der Waals surface area contributed by atoms with Crippen LogP contribution in [0, 0.1) is 0 Å². The smallest absolute Gasteiger partial charge is 0.340 e. The third-order valence-corrected chi connectivity index (χ3v) is 4.88. The molecule has 0 radical (unpaired) electrons. The van der Waals surface area contributed by atoms with Crippen molar-refractivity contribution in [2.45, 2.75) is 51.3 Å². The first-order valence-corrected chi connectivity index (χ1v) is 9.60. The number of cyclic esters (lactones) is 1. The average Bonchev–Trinajstić information content (AvgIpc) is 3.21. The van der Waals surface area contributed by atoms with Gasteiger partial charge in [0.05, 0.1) is 5.56 Å². The zero-order valence-corrected chi connectivity index (χ0v) is 15.6. The molecule has 1 aromatic carbocycles. The summed E-state index contributed by atoms with van der Waals surface area (Å²) in [5, 5.41) is 2.87. The number of benzene rings is 1. The van der Waals surface area contributed by atoms with Crippen molar-refractivity contribution >= 4 is 17.8 Å². The second-order valence-corrected chi connectivity index (χ2v) is 6.81.